The largest absolute Gasteiger partial charge is 0.491 e. The average Bonchev–Trinajstić information content (AvgIpc) is 2.91. The minimum atomic E-state index is -1.03. The Kier molecular flexibility index (Phi) is 13.4. The molecule has 39 heavy (non-hydrogen) atoms. The van der Waals surface area contributed by atoms with Gasteiger partial charge in [0.2, 0.25) is 11.8 Å². The molecule has 214 valence electrons. The zero-order valence-corrected chi connectivity index (χ0v) is 22.6. The van der Waals surface area contributed by atoms with E-state index in [9.17, 15) is 19.8 Å². The molecule has 10 heteroatoms. The molecular formula is C29H40N2O8. The van der Waals surface area contributed by atoms with Gasteiger partial charge in [0.25, 0.3) is 0 Å². The molecule has 0 saturated heterocycles. The molecule has 2 aromatic rings. The number of hydrogen-bond donors (Lipinski definition) is 5. The van der Waals surface area contributed by atoms with Gasteiger partial charge in [-0.15, -0.1) is 0 Å². The van der Waals surface area contributed by atoms with E-state index in [4.69, 9.17) is 25.4 Å². The summed E-state index contributed by atoms with van der Waals surface area (Å²) in [7, 11) is 0. The third-order valence-electron chi connectivity index (χ3n) is 5.60. The second-order valence-corrected chi connectivity index (χ2v) is 9.22. The van der Waals surface area contributed by atoms with Crippen molar-refractivity contribution in [2.24, 2.45) is 5.73 Å². The highest BCUT2D eigenvalue weighted by Gasteiger charge is 2.22. The van der Waals surface area contributed by atoms with Crippen molar-refractivity contribution in [2.45, 2.75) is 58.3 Å². The van der Waals surface area contributed by atoms with Gasteiger partial charge < -0.3 is 40.5 Å². The molecule has 0 spiro atoms. The first-order valence-electron chi connectivity index (χ1n) is 13.1. The number of anilines is 1. The number of carbonyl (C=O) groups is 2. The van der Waals surface area contributed by atoms with Crippen molar-refractivity contribution in [1.82, 2.24) is 0 Å². The minimum Gasteiger partial charge on any atom is -0.491 e. The van der Waals surface area contributed by atoms with Crippen LogP contribution in [0, 0.1) is 0 Å². The summed E-state index contributed by atoms with van der Waals surface area (Å²) >= 11 is 0. The molecule has 2 amide bonds. The standard InChI is InChI=1S/C26H32N2O8.C3H8/c27-25(33)2-1-3-26(34)28-12-19-10-22(35-15-20(31)13-29)8-6-17(19)4-5-18-7-9-23(11-24(18)28)36-16-21(32)14-30;1-3-2/h4-11,20-21,29-32H,1-3,12-16H2,(H2,27,33);3H2,1-2H3/b5-4-;. The molecule has 2 atom stereocenters. The molecule has 0 aliphatic carbocycles. The highest BCUT2D eigenvalue weighted by molar-refractivity contribution is 5.97. The van der Waals surface area contributed by atoms with Crippen molar-refractivity contribution >= 4 is 29.7 Å². The summed E-state index contributed by atoms with van der Waals surface area (Å²) in [6, 6.07) is 10.6. The van der Waals surface area contributed by atoms with Crippen molar-refractivity contribution in [3.8, 4) is 11.5 Å². The van der Waals surface area contributed by atoms with Crippen LogP contribution in [0.1, 0.15) is 56.2 Å². The molecular weight excluding hydrogens is 504 g/mol. The minimum absolute atomic E-state index is 0.0793. The Labute approximate surface area is 229 Å². The Morgan fingerprint density at radius 3 is 2.00 bits per heavy atom. The first-order valence-corrected chi connectivity index (χ1v) is 13.1. The molecule has 0 fully saturated rings. The molecule has 2 aromatic carbocycles. The van der Waals surface area contributed by atoms with E-state index in [1.807, 2.05) is 18.2 Å². The number of nitrogens with two attached hydrogens (primary N) is 1. The Bertz CT molecular complexity index is 1100. The number of rotatable bonds is 12. The van der Waals surface area contributed by atoms with E-state index in [0.717, 1.165) is 16.7 Å². The lowest BCUT2D eigenvalue weighted by atomic mass is 10.00. The van der Waals surface area contributed by atoms with E-state index in [1.165, 1.54) is 6.42 Å². The maximum absolute atomic E-state index is 13.3. The topological polar surface area (TPSA) is 163 Å². The van der Waals surface area contributed by atoms with Gasteiger partial charge in [-0.2, -0.15) is 0 Å². The molecule has 0 saturated carbocycles. The van der Waals surface area contributed by atoms with Crippen molar-refractivity contribution in [1.29, 1.82) is 0 Å². The van der Waals surface area contributed by atoms with Gasteiger partial charge >= 0.3 is 0 Å². The van der Waals surface area contributed by atoms with Crippen LogP contribution in [-0.2, 0) is 16.1 Å². The fourth-order valence-corrected chi connectivity index (χ4v) is 3.66. The summed E-state index contributed by atoms with van der Waals surface area (Å²) in [6.45, 7) is 3.40. The molecule has 0 aromatic heterocycles. The van der Waals surface area contributed by atoms with Crippen LogP contribution in [0.15, 0.2) is 36.4 Å². The van der Waals surface area contributed by atoms with Gasteiger partial charge in [0, 0.05) is 18.9 Å². The van der Waals surface area contributed by atoms with E-state index >= 15 is 0 Å². The fourth-order valence-electron chi connectivity index (χ4n) is 3.66. The van der Waals surface area contributed by atoms with Crippen LogP contribution in [0.4, 0.5) is 5.69 Å². The first-order chi connectivity index (χ1) is 18.7. The van der Waals surface area contributed by atoms with Crippen LogP contribution in [0.3, 0.4) is 0 Å². The second-order valence-electron chi connectivity index (χ2n) is 9.22. The number of fused-ring (bicyclic) bond motifs is 2. The van der Waals surface area contributed by atoms with Crippen LogP contribution < -0.4 is 20.1 Å². The molecule has 0 radical (unpaired) electrons. The van der Waals surface area contributed by atoms with Crippen LogP contribution in [0.2, 0.25) is 0 Å². The SMILES string of the molecule is CCC.NC(=O)CCCC(=O)N1Cc2cc(OCC(O)CO)ccc2/C=C\c2ccc(OCC(O)CO)cc21. The van der Waals surface area contributed by atoms with Gasteiger partial charge in [-0.05, 0) is 47.4 Å². The van der Waals surface area contributed by atoms with Gasteiger partial charge in [-0.1, -0.05) is 38.5 Å². The maximum atomic E-state index is 13.3. The maximum Gasteiger partial charge on any atom is 0.227 e. The normalized spacial score (nSPS) is 14.4. The van der Waals surface area contributed by atoms with Crippen LogP contribution in [0.25, 0.3) is 12.2 Å². The smallest absolute Gasteiger partial charge is 0.227 e. The number of hydrogen-bond acceptors (Lipinski definition) is 8. The van der Waals surface area contributed by atoms with Gasteiger partial charge in [0.15, 0.2) is 0 Å². The summed E-state index contributed by atoms with van der Waals surface area (Å²) in [6.07, 6.45) is 3.51. The lowest BCUT2D eigenvalue weighted by molar-refractivity contribution is -0.119. The van der Waals surface area contributed by atoms with Crippen molar-refractivity contribution < 1.29 is 39.5 Å². The fraction of sp³-hybridized carbons (Fsp3) is 0.448. The number of carbonyl (C=O) groups excluding carboxylic acids is 2. The predicted octanol–water partition coefficient (Wildman–Crippen LogP) is 2.24. The zero-order chi connectivity index (χ0) is 28.8. The number of amides is 2. The van der Waals surface area contributed by atoms with E-state index in [0.29, 0.717) is 23.6 Å². The van der Waals surface area contributed by atoms with Crippen LogP contribution >= 0.6 is 0 Å². The third kappa shape index (κ3) is 10.3. The summed E-state index contributed by atoms with van der Waals surface area (Å²) in [5.74, 6) is 0.203. The number of benzene rings is 2. The number of aliphatic hydroxyl groups excluding tert-OH is 4. The quantitative estimate of drug-likeness (QED) is 0.272. The molecule has 3 rings (SSSR count). The van der Waals surface area contributed by atoms with Crippen LogP contribution in [-0.4, -0.2) is 70.9 Å². The van der Waals surface area contributed by atoms with Gasteiger partial charge in [0.05, 0.1) is 25.4 Å². The van der Waals surface area contributed by atoms with Gasteiger partial charge in [-0.3, -0.25) is 9.59 Å². The Morgan fingerprint density at radius 2 is 1.44 bits per heavy atom. The highest BCUT2D eigenvalue weighted by Crippen LogP contribution is 2.34. The summed E-state index contributed by atoms with van der Waals surface area (Å²) < 4.78 is 11.2. The molecule has 10 nitrogen and oxygen atoms in total. The van der Waals surface area contributed by atoms with E-state index in [1.54, 1.807) is 35.2 Å². The van der Waals surface area contributed by atoms with Gasteiger partial charge in [0.1, 0.15) is 36.9 Å². The summed E-state index contributed by atoms with van der Waals surface area (Å²) in [5.41, 5.74) is 8.25. The molecule has 0 bridgehead atoms. The number of ether oxygens (including phenoxy) is 2. The van der Waals surface area contributed by atoms with Crippen molar-refractivity contribution in [3.63, 3.8) is 0 Å². The molecule has 6 N–H and O–H groups in total. The number of primary amides is 1. The molecule has 2 unspecified atom stereocenters. The lowest BCUT2D eigenvalue weighted by Crippen LogP contribution is -2.32. The Balaban J connectivity index is 0.00000170. The Morgan fingerprint density at radius 1 is 0.897 bits per heavy atom. The Hall–Kier alpha value is -3.44. The van der Waals surface area contributed by atoms with Gasteiger partial charge in [-0.25, -0.2) is 0 Å². The van der Waals surface area contributed by atoms with Crippen molar-refractivity contribution in [2.75, 3.05) is 31.3 Å². The second kappa shape index (κ2) is 16.5. The monoisotopic (exact) mass is 544 g/mol. The van der Waals surface area contributed by atoms with E-state index in [-0.39, 0.29) is 38.5 Å². The van der Waals surface area contributed by atoms with E-state index < -0.39 is 31.3 Å². The number of nitrogens with zero attached hydrogens (tertiary/aromatic N) is 1. The molecule has 1 aliphatic heterocycles. The zero-order valence-electron chi connectivity index (χ0n) is 22.6. The summed E-state index contributed by atoms with van der Waals surface area (Å²) in [4.78, 5) is 26.1. The average molecular weight is 545 g/mol. The van der Waals surface area contributed by atoms with Crippen molar-refractivity contribution in [3.05, 3.63) is 53.1 Å². The van der Waals surface area contributed by atoms with E-state index in [2.05, 4.69) is 13.8 Å². The molecule has 1 heterocycles. The van der Waals surface area contributed by atoms with Crippen LogP contribution in [0.5, 0.6) is 11.5 Å². The first kappa shape index (κ1) is 31.8. The highest BCUT2D eigenvalue weighted by atomic mass is 16.5. The predicted molar refractivity (Wildman–Crippen MR) is 149 cm³/mol. The third-order valence-corrected chi connectivity index (χ3v) is 5.60. The number of aliphatic hydroxyl groups is 4. The molecule has 1 aliphatic rings. The summed E-state index contributed by atoms with van der Waals surface area (Å²) in [5, 5.41) is 37.3. The lowest BCUT2D eigenvalue weighted by Gasteiger charge is -2.28.